The van der Waals surface area contributed by atoms with Gasteiger partial charge in [-0.05, 0) is 31.8 Å². The number of esters is 1. The Morgan fingerprint density at radius 2 is 2.05 bits per heavy atom. The molecule has 2 aliphatic heterocycles. The molecule has 0 unspecified atom stereocenters. The molecule has 0 bridgehead atoms. The van der Waals surface area contributed by atoms with Crippen molar-refractivity contribution in [3.63, 3.8) is 0 Å². The minimum atomic E-state index is -0.585. The zero-order valence-corrected chi connectivity index (χ0v) is 13.1. The second-order valence-electron chi connectivity index (χ2n) is 5.87. The molecule has 122 valence electrons. The van der Waals surface area contributed by atoms with Gasteiger partial charge >= 0.3 is 5.97 Å². The molecule has 0 aromatic carbocycles. The van der Waals surface area contributed by atoms with Gasteiger partial charge in [-0.2, -0.15) is 0 Å². The monoisotopic (exact) mass is 308 g/mol. The number of amides is 2. The first-order valence-electron chi connectivity index (χ1n) is 7.94. The summed E-state index contributed by atoms with van der Waals surface area (Å²) in [5.41, 5.74) is 0. The van der Waals surface area contributed by atoms with E-state index in [1.54, 1.807) is 9.80 Å². The van der Waals surface area contributed by atoms with E-state index < -0.39 is 6.10 Å². The highest BCUT2D eigenvalue weighted by molar-refractivity contribution is 5.87. The summed E-state index contributed by atoms with van der Waals surface area (Å²) in [5.74, 6) is 0.00600. The zero-order valence-electron chi connectivity index (χ0n) is 13.1. The van der Waals surface area contributed by atoms with Crippen LogP contribution in [0.1, 0.15) is 32.6 Å². The number of ether oxygens (including phenoxy) is 1. The molecular formula is C16H24N2O4. The van der Waals surface area contributed by atoms with E-state index in [1.807, 2.05) is 6.92 Å². The van der Waals surface area contributed by atoms with Gasteiger partial charge in [-0.1, -0.05) is 6.58 Å². The number of hydrogen-bond donors (Lipinski definition) is 0. The number of likely N-dealkylation sites (tertiary alicyclic amines) is 1. The summed E-state index contributed by atoms with van der Waals surface area (Å²) in [4.78, 5) is 38.6. The third-order valence-corrected chi connectivity index (χ3v) is 4.43. The molecule has 0 saturated carbocycles. The van der Waals surface area contributed by atoms with Crippen LogP contribution in [0.25, 0.3) is 0 Å². The Kier molecular flexibility index (Phi) is 5.57. The lowest BCUT2D eigenvalue weighted by Gasteiger charge is -2.35. The van der Waals surface area contributed by atoms with Gasteiger partial charge in [0.1, 0.15) is 0 Å². The summed E-state index contributed by atoms with van der Waals surface area (Å²) in [6.07, 6.45) is 3.33. The van der Waals surface area contributed by atoms with Gasteiger partial charge in [-0.15, -0.1) is 0 Å². The number of piperidine rings is 1. The van der Waals surface area contributed by atoms with E-state index in [1.165, 1.54) is 6.08 Å². The van der Waals surface area contributed by atoms with E-state index in [2.05, 4.69) is 6.58 Å². The Hall–Kier alpha value is -1.85. The van der Waals surface area contributed by atoms with Crippen molar-refractivity contribution < 1.29 is 19.1 Å². The Morgan fingerprint density at radius 1 is 1.36 bits per heavy atom. The first-order valence-corrected chi connectivity index (χ1v) is 7.94. The Bertz CT molecular complexity index is 455. The maximum Gasteiger partial charge on any atom is 0.306 e. The number of cyclic esters (lactones) is 1. The van der Waals surface area contributed by atoms with Crippen LogP contribution in [0.5, 0.6) is 0 Å². The lowest BCUT2D eigenvalue weighted by Crippen LogP contribution is -2.46. The molecule has 0 radical (unpaired) electrons. The van der Waals surface area contributed by atoms with Crippen LogP contribution in [0.3, 0.4) is 0 Å². The molecule has 0 spiro atoms. The summed E-state index contributed by atoms with van der Waals surface area (Å²) in [5, 5.41) is 0. The minimum Gasteiger partial charge on any atom is -0.452 e. The van der Waals surface area contributed by atoms with Crippen molar-refractivity contribution >= 4 is 17.8 Å². The van der Waals surface area contributed by atoms with Gasteiger partial charge in [0.2, 0.25) is 5.91 Å². The Morgan fingerprint density at radius 3 is 2.55 bits per heavy atom. The van der Waals surface area contributed by atoms with Gasteiger partial charge in [0.25, 0.3) is 5.91 Å². The van der Waals surface area contributed by atoms with E-state index in [4.69, 9.17) is 4.74 Å². The van der Waals surface area contributed by atoms with E-state index in [0.29, 0.717) is 44.9 Å². The standard InChI is InChI=1S/C16H24N2O4/c1-3-14(19)17(4-2)11-12-7-9-18(10-8-12)16(21)13-5-6-15(20)22-13/h3,12-13H,1,4-11H2,2H3/t13-/m0/s1. The highest BCUT2D eigenvalue weighted by atomic mass is 16.6. The van der Waals surface area contributed by atoms with Crippen molar-refractivity contribution in [2.45, 2.75) is 38.7 Å². The molecule has 2 amide bonds. The largest absolute Gasteiger partial charge is 0.452 e. The molecule has 6 nitrogen and oxygen atoms in total. The molecule has 2 heterocycles. The summed E-state index contributed by atoms with van der Waals surface area (Å²) >= 11 is 0. The molecule has 2 rings (SSSR count). The van der Waals surface area contributed by atoms with Crippen molar-refractivity contribution in [2.75, 3.05) is 26.2 Å². The van der Waals surface area contributed by atoms with Crippen LogP contribution in [-0.4, -0.2) is 59.9 Å². The summed E-state index contributed by atoms with van der Waals surface area (Å²) in [6.45, 7) is 8.18. The Labute approximate surface area is 131 Å². The number of nitrogens with zero attached hydrogens (tertiary/aromatic N) is 2. The molecule has 2 fully saturated rings. The van der Waals surface area contributed by atoms with Crippen molar-refractivity contribution in [1.82, 2.24) is 9.80 Å². The van der Waals surface area contributed by atoms with Gasteiger partial charge in [0.15, 0.2) is 6.10 Å². The van der Waals surface area contributed by atoms with Crippen LogP contribution in [-0.2, 0) is 19.1 Å². The first kappa shape index (κ1) is 16.5. The number of hydrogen-bond acceptors (Lipinski definition) is 4. The van der Waals surface area contributed by atoms with E-state index >= 15 is 0 Å². The second-order valence-corrected chi connectivity index (χ2v) is 5.87. The lowest BCUT2D eigenvalue weighted by molar-refractivity contribution is -0.153. The topological polar surface area (TPSA) is 66.9 Å². The fraction of sp³-hybridized carbons (Fsp3) is 0.688. The molecule has 0 aromatic heterocycles. The minimum absolute atomic E-state index is 0.0427. The number of likely N-dealkylation sites (N-methyl/N-ethyl adjacent to an activating group) is 1. The molecule has 0 aliphatic carbocycles. The predicted octanol–water partition coefficient (Wildman–Crippen LogP) is 0.965. The van der Waals surface area contributed by atoms with Crippen LogP contribution < -0.4 is 0 Å². The van der Waals surface area contributed by atoms with Gasteiger partial charge < -0.3 is 14.5 Å². The first-order chi connectivity index (χ1) is 10.5. The molecule has 6 heteroatoms. The smallest absolute Gasteiger partial charge is 0.306 e. The maximum atomic E-state index is 12.3. The average molecular weight is 308 g/mol. The van der Waals surface area contributed by atoms with Gasteiger partial charge in [-0.3, -0.25) is 14.4 Å². The Balaban J connectivity index is 1.80. The van der Waals surface area contributed by atoms with Gasteiger partial charge in [0, 0.05) is 39.0 Å². The van der Waals surface area contributed by atoms with E-state index in [-0.39, 0.29) is 17.8 Å². The third-order valence-electron chi connectivity index (χ3n) is 4.43. The fourth-order valence-electron chi connectivity index (χ4n) is 3.05. The maximum absolute atomic E-state index is 12.3. The predicted molar refractivity (Wildman–Crippen MR) is 80.9 cm³/mol. The fourth-order valence-corrected chi connectivity index (χ4v) is 3.05. The van der Waals surface area contributed by atoms with Crippen LogP contribution in [0.4, 0.5) is 0 Å². The van der Waals surface area contributed by atoms with Gasteiger partial charge in [-0.25, -0.2) is 0 Å². The van der Waals surface area contributed by atoms with Crippen LogP contribution in [0, 0.1) is 5.92 Å². The van der Waals surface area contributed by atoms with Crippen molar-refractivity contribution in [3.8, 4) is 0 Å². The molecule has 2 aliphatic rings. The highest BCUT2D eigenvalue weighted by Gasteiger charge is 2.34. The second kappa shape index (κ2) is 7.42. The van der Waals surface area contributed by atoms with Crippen molar-refractivity contribution in [1.29, 1.82) is 0 Å². The number of carbonyl (C=O) groups excluding carboxylic acids is 3. The van der Waals surface area contributed by atoms with E-state index in [9.17, 15) is 14.4 Å². The van der Waals surface area contributed by atoms with Crippen LogP contribution >= 0.6 is 0 Å². The molecule has 0 N–H and O–H groups in total. The molecule has 0 aromatic rings. The number of rotatable bonds is 5. The summed E-state index contributed by atoms with van der Waals surface area (Å²) in [6, 6.07) is 0. The van der Waals surface area contributed by atoms with Crippen LogP contribution in [0.15, 0.2) is 12.7 Å². The molecule has 22 heavy (non-hydrogen) atoms. The average Bonchev–Trinajstić information content (AvgIpc) is 2.98. The normalized spacial score (nSPS) is 22.3. The van der Waals surface area contributed by atoms with Crippen molar-refractivity contribution in [3.05, 3.63) is 12.7 Å². The van der Waals surface area contributed by atoms with E-state index in [0.717, 1.165) is 12.8 Å². The van der Waals surface area contributed by atoms with Gasteiger partial charge in [0.05, 0.1) is 0 Å². The van der Waals surface area contributed by atoms with Crippen LogP contribution in [0.2, 0.25) is 0 Å². The summed E-state index contributed by atoms with van der Waals surface area (Å²) in [7, 11) is 0. The summed E-state index contributed by atoms with van der Waals surface area (Å²) < 4.78 is 5.04. The lowest BCUT2D eigenvalue weighted by atomic mass is 9.95. The highest BCUT2D eigenvalue weighted by Crippen LogP contribution is 2.22. The third kappa shape index (κ3) is 3.87. The zero-order chi connectivity index (χ0) is 16.1. The molecule has 2 saturated heterocycles. The molecular weight excluding hydrogens is 284 g/mol. The molecule has 1 atom stereocenters. The number of carbonyl (C=O) groups is 3. The SMILES string of the molecule is C=CC(=O)N(CC)CC1CCN(C(=O)[C@@H]2CCC(=O)O2)CC1. The van der Waals surface area contributed by atoms with Crippen molar-refractivity contribution in [2.24, 2.45) is 5.92 Å². The quantitative estimate of drug-likeness (QED) is 0.560.